The van der Waals surface area contributed by atoms with Crippen LogP contribution < -0.4 is 10.2 Å². The first-order valence-corrected chi connectivity index (χ1v) is 8.91. The first-order valence-electron chi connectivity index (χ1n) is 8.91. The SMILES string of the molecule is Cc1cc2ncnc(NCC3CN(c4cc5c(nn4)CCC5)C3)c2[nH]1. The fourth-order valence-electron chi connectivity index (χ4n) is 3.80. The number of nitrogens with one attached hydrogen (secondary N) is 2. The Labute approximate surface area is 145 Å². The maximum atomic E-state index is 4.40. The molecule has 5 rings (SSSR count). The molecule has 3 aromatic rings. The van der Waals surface area contributed by atoms with Crippen LogP contribution in [0.15, 0.2) is 18.5 Å². The normalized spacial score (nSPS) is 16.9. The fourth-order valence-corrected chi connectivity index (χ4v) is 3.80. The Kier molecular flexibility index (Phi) is 3.33. The molecular formula is C18H21N7. The van der Waals surface area contributed by atoms with Crippen LogP contribution in [0.25, 0.3) is 11.0 Å². The molecule has 7 heteroatoms. The van der Waals surface area contributed by atoms with E-state index < -0.39 is 0 Å². The number of H-pyrrole nitrogens is 1. The van der Waals surface area contributed by atoms with Gasteiger partial charge in [-0.1, -0.05) is 0 Å². The lowest BCUT2D eigenvalue weighted by Crippen LogP contribution is -2.50. The van der Waals surface area contributed by atoms with Gasteiger partial charge in [0.05, 0.1) is 11.2 Å². The molecule has 1 aliphatic carbocycles. The van der Waals surface area contributed by atoms with E-state index in [1.165, 1.54) is 17.7 Å². The molecule has 7 nitrogen and oxygen atoms in total. The average Bonchev–Trinajstić information content (AvgIpc) is 3.18. The molecule has 1 saturated heterocycles. The van der Waals surface area contributed by atoms with E-state index in [0.717, 1.165) is 60.8 Å². The monoisotopic (exact) mass is 335 g/mol. The molecule has 1 fully saturated rings. The van der Waals surface area contributed by atoms with Crippen molar-refractivity contribution in [2.45, 2.75) is 26.2 Å². The van der Waals surface area contributed by atoms with Crippen LogP contribution in [0.4, 0.5) is 11.6 Å². The molecule has 2 aliphatic rings. The van der Waals surface area contributed by atoms with E-state index in [4.69, 9.17) is 0 Å². The van der Waals surface area contributed by atoms with Crippen molar-refractivity contribution in [2.24, 2.45) is 5.92 Å². The van der Waals surface area contributed by atoms with Crippen molar-refractivity contribution in [3.63, 3.8) is 0 Å². The molecule has 0 saturated carbocycles. The quantitative estimate of drug-likeness (QED) is 0.760. The number of fused-ring (bicyclic) bond motifs is 2. The van der Waals surface area contributed by atoms with Gasteiger partial charge in [0.15, 0.2) is 11.6 Å². The Morgan fingerprint density at radius 2 is 2.12 bits per heavy atom. The van der Waals surface area contributed by atoms with Crippen LogP contribution in [0, 0.1) is 12.8 Å². The lowest BCUT2D eigenvalue weighted by Gasteiger charge is -2.40. The predicted octanol–water partition coefficient (Wildman–Crippen LogP) is 2.09. The largest absolute Gasteiger partial charge is 0.368 e. The first-order chi connectivity index (χ1) is 12.3. The smallest absolute Gasteiger partial charge is 0.153 e. The molecule has 2 N–H and O–H groups in total. The number of aromatic nitrogens is 5. The van der Waals surface area contributed by atoms with Gasteiger partial charge >= 0.3 is 0 Å². The molecule has 0 spiro atoms. The third-order valence-electron chi connectivity index (χ3n) is 5.20. The van der Waals surface area contributed by atoms with Gasteiger partial charge in [-0.15, -0.1) is 5.10 Å². The van der Waals surface area contributed by atoms with Crippen LogP contribution in [0.2, 0.25) is 0 Å². The zero-order valence-electron chi connectivity index (χ0n) is 14.3. The third-order valence-corrected chi connectivity index (χ3v) is 5.20. The summed E-state index contributed by atoms with van der Waals surface area (Å²) in [6.45, 7) is 4.96. The highest BCUT2D eigenvalue weighted by molar-refractivity contribution is 5.86. The maximum absolute atomic E-state index is 4.40. The molecule has 128 valence electrons. The van der Waals surface area contributed by atoms with Gasteiger partial charge in [0.25, 0.3) is 0 Å². The third kappa shape index (κ3) is 2.59. The molecule has 0 unspecified atom stereocenters. The van der Waals surface area contributed by atoms with Crippen molar-refractivity contribution in [3.05, 3.63) is 35.4 Å². The Morgan fingerprint density at radius 3 is 3.04 bits per heavy atom. The van der Waals surface area contributed by atoms with E-state index in [1.807, 2.05) is 13.0 Å². The van der Waals surface area contributed by atoms with Gasteiger partial charge in [0.2, 0.25) is 0 Å². The standard InChI is InChI=1S/C18H21N7/c1-11-5-15-17(22-11)18(21-10-20-15)19-7-12-8-25(9-12)16-6-13-3-2-4-14(13)23-24-16/h5-6,10,12,22H,2-4,7-9H2,1H3,(H,19,20,21). The molecule has 0 aromatic carbocycles. The lowest BCUT2D eigenvalue weighted by molar-refractivity contribution is 0.425. The van der Waals surface area contributed by atoms with Crippen molar-refractivity contribution >= 4 is 22.7 Å². The average molecular weight is 335 g/mol. The zero-order chi connectivity index (χ0) is 16.8. The van der Waals surface area contributed by atoms with Crippen molar-refractivity contribution in [1.82, 2.24) is 25.1 Å². The Morgan fingerprint density at radius 1 is 1.20 bits per heavy atom. The summed E-state index contributed by atoms with van der Waals surface area (Å²) in [5.74, 6) is 2.51. The molecule has 0 atom stereocenters. The second-order valence-electron chi connectivity index (χ2n) is 7.11. The Bertz CT molecular complexity index is 926. The number of rotatable bonds is 4. The van der Waals surface area contributed by atoms with E-state index in [2.05, 4.69) is 41.4 Å². The highest BCUT2D eigenvalue weighted by Gasteiger charge is 2.29. The second kappa shape index (κ2) is 5.68. The van der Waals surface area contributed by atoms with Crippen LogP contribution in [-0.2, 0) is 12.8 Å². The summed E-state index contributed by atoms with van der Waals surface area (Å²) >= 11 is 0. The molecule has 3 aromatic heterocycles. The van der Waals surface area contributed by atoms with Gasteiger partial charge in [0.1, 0.15) is 11.8 Å². The summed E-state index contributed by atoms with van der Waals surface area (Å²) in [4.78, 5) is 14.3. The minimum Gasteiger partial charge on any atom is -0.368 e. The highest BCUT2D eigenvalue weighted by atomic mass is 15.3. The topological polar surface area (TPSA) is 82.6 Å². The van der Waals surface area contributed by atoms with Gasteiger partial charge in [-0.3, -0.25) is 0 Å². The van der Waals surface area contributed by atoms with E-state index in [0.29, 0.717) is 5.92 Å². The van der Waals surface area contributed by atoms with E-state index in [9.17, 15) is 0 Å². The predicted molar refractivity (Wildman–Crippen MR) is 96.9 cm³/mol. The number of hydrogen-bond donors (Lipinski definition) is 2. The number of hydrogen-bond acceptors (Lipinski definition) is 6. The number of aryl methyl sites for hydroxylation is 3. The van der Waals surface area contributed by atoms with E-state index in [-0.39, 0.29) is 0 Å². The first kappa shape index (κ1) is 14.6. The minimum absolute atomic E-state index is 0.594. The van der Waals surface area contributed by atoms with Gasteiger partial charge in [-0.25, -0.2) is 9.97 Å². The molecule has 25 heavy (non-hydrogen) atoms. The summed E-state index contributed by atoms with van der Waals surface area (Å²) in [7, 11) is 0. The van der Waals surface area contributed by atoms with Crippen LogP contribution in [0.1, 0.15) is 23.4 Å². The molecule has 0 amide bonds. The minimum atomic E-state index is 0.594. The summed E-state index contributed by atoms with van der Waals surface area (Å²) in [6, 6.07) is 4.27. The Balaban J connectivity index is 1.21. The van der Waals surface area contributed by atoms with Crippen LogP contribution in [-0.4, -0.2) is 44.8 Å². The van der Waals surface area contributed by atoms with Crippen molar-refractivity contribution in [1.29, 1.82) is 0 Å². The van der Waals surface area contributed by atoms with Crippen LogP contribution >= 0.6 is 0 Å². The van der Waals surface area contributed by atoms with Gasteiger partial charge in [-0.2, -0.15) is 5.10 Å². The summed E-state index contributed by atoms with van der Waals surface area (Å²) in [5, 5.41) is 12.3. The lowest BCUT2D eigenvalue weighted by atomic mass is 10.00. The van der Waals surface area contributed by atoms with Gasteiger partial charge < -0.3 is 15.2 Å². The van der Waals surface area contributed by atoms with Crippen molar-refractivity contribution < 1.29 is 0 Å². The van der Waals surface area contributed by atoms with E-state index >= 15 is 0 Å². The summed E-state index contributed by atoms with van der Waals surface area (Å²) in [6.07, 6.45) is 5.06. The molecule has 4 heterocycles. The summed E-state index contributed by atoms with van der Waals surface area (Å²) in [5.41, 5.74) is 5.62. The number of anilines is 2. The van der Waals surface area contributed by atoms with Gasteiger partial charge in [-0.05, 0) is 43.9 Å². The van der Waals surface area contributed by atoms with Crippen molar-refractivity contribution in [3.8, 4) is 0 Å². The highest BCUT2D eigenvalue weighted by Crippen LogP contribution is 2.27. The molecular weight excluding hydrogens is 314 g/mol. The summed E-state index contributed by atoms with van der Waals surface area (Å²) < 4.78 is 0. The molecule has 0 radical (unpaired) electrons. The molecule has 1 aliphatic heterocycles. The fraction of sp³-hybridized carbons (Fsp3) is 0.444. The second-order valence-corrected chi connectivity index (χ2v) is 7.11. The van der Waals surface area contributed by atoms with E-state index in [1.54, 1.807) is 6.33 Å². The number of aromatic amines is 1. The van der Waals surface area contributed by atoms with Gasteiger partial charge in [0, 0.05) is 31.2 Å². The molecule has 0 bridgehead atoms. The number of nitrogens with zero attached hydrogens (tertiary/aromatic N) is 5. The zero-order valence-corrected chi connectivity index (χ0v) is 14.3. The van der Waals surface area contributed by atoms with Crippen LogP contribution in [0.3, 0.4) is 0 Å². The maximum Gasteiger partial charge on any atom is 0.153 e. The van der Waals surface area contributed by atoms with Crippen molar-refractivity contribution in [2.75, 3.05) is 29.9 Å². The Hall–Kier alpha value is -2.70. The van der Waals surface area contributed by atoms with Crippen LogP contribution in [0.5, 0.6) is 0 Å².